The Hall–Kier alpha value is -7.47. The number of aliphatic hydroxyl groups is 3. The zero-order valence-electron chi connectivity index (χ0n) is 72.1. The number of carbonyl (C=O) groups is 7. The number of rotatable bonds is 17. The van der Waals surface area contributed by atoms with Crippen LogP contribution in [0.15, 0.2) is 47.0 Å². The third kappa shape index (κ3) is 24.2. The van der Waals surface area contributed by atoms with Crippen molar-refractivity contribution in [1.82, 2.24) is 38.5 Å². The van der Waals surface area contributed by atoms with Crippen molar-refractivity contribution in [2.45, 2.75) is 292 Å². The SMILES string of the molecule is C.C.CC[C@H]1OC(=O)[C@H](C)C(=O)[C@H](C)[C@@H](O[C@@H]2O[C@H](C)C[C@H](N(C)C)[C@H]2O)[C@@]2(C)C[C@@H](C)C(=O)[C@H](C)[C@@H](OC/C(=N\OCc3ccc(-c4nc(N)ns4)cn3)CO2)[C@]1(C)O.CC[C@H]1OC(=O)[C@H](C)C(=O)[C@H](C)[C@@H](O[C@@H]2O[C@H](C)C[C@H](N(C)C)[C@H]2OC(C)=O)[C@@]2(C)C[C@@H](C)C(=O)[C@H](C)[C@@H](OCC(=NOCc3ccc(-c4nc(N)ns4)cn3)CO2)[C@]1(C)O. The van der Waals surface area contributed by atoms with Crippen LogP contribution in [-0.2, 0) is 109 Å². The Labute approximate surface area is 718 Å². The second-order valence-electron chi connectivity index (χ2n) is 33.9. The van der Waals surface area contributed by atoms with Gasteiger partial charge in [0.25, 0.3) is 0 Å². The zero-order chi connectivity index (χ0) is 87.7. The van der Waals surface area contributed by atoms with E-state index in [9.17, 15) is 48.9 Å². The second-order valence-corrected chi connectivity index (χ2v) is 35.4. The first-order valence-electron chi connectivity index (χ1n) is 40.7. The van der Waals surface area contributed by atoms with Gasteiger partial charge in [-0.1, -0.05) is 80.6 Å². The number of ether oxygens (including phenoxy) is 11. The van der Waals surface area contributed by atoms with Gasteiger partial charge in [0.2, 0.25) is 11.9 Å². The van der Waals surface area contributed by atoms with Crippen molar-refractivity contribution in [3.63, 3.8) is 0 Å². The molecule has 0 saturated carbocycles. The number of anilines is 2. The molecule has 26 atom stereocenters. The third-order valence-electron chi connectivity index (χ3n) is 23.7. The number of hydrogen-bond acceptors (Lipinski definition) is 37. The van der Waals surface area contributed by atoms with Gasteiger partial charge in [0.05, 0.1) is 91.7 Å². The molecule has 0 amide bonds. The fourth-order valence-electron chi connectivity index (χ4n) is 17.1. The highest BCUT2D eigenvalue weighted by atomic mass is 32.1. The number of likely N-dealkylation sites (N-methyl/N-ethyl adjacent to an activating group) is 2. The van der Waals surface area contributed by atoms with Crippen LogP contribution in [-0.4, -0.2) is 269 Å². The minimum absolute atomic E-state index is 0. The van der Waals surface area contributed by atoms with Crippen LogP contribution in [0.2, 0.25) is 0 Å². The summed E-state index contributed by atoms with van der Waals surface area (Å²) in [4.78, 5) is 131. The van der Waals surface area contributed by atoms with Crippen LogP contribution in [0, 0.1) is 47.3 Å². The lowest BCUT2D eigenvalue weighted by Gasteiger charge is -2.48. The Bertz CT molecular complexity index is 4190. The lowest BCUT2D eigenvalue weighted by atomic mass is 9.74. The van der Waals surface area contributed by atoms with Crippen LogP contribution in [0.4, 0.5) is 11.9 Å². The quantitative estimate of drug-likeness (QED) is 0.0287. The predicted octanol–water partition coefficient (Wildman–Crippen LogP) is 8.24. The van der Waals surface area contributed by atoms with Gasteiger partial charge in [0.15, 0.2) is 43.5 Å². The molecular formula is C84H130N12O23S2. The number of aliphatic hydroxyl groups excluding tert-OH is 1. The molecule has 6 fully saturated rings. The second kappa shape index (κ2) is 42.9. The summed E-state index contributed by atoms with van der Waals surface area (Å²) in [6.07, 6.45) is -7.45. The van der Waals surface area contributed by atoms with E-state index in [-0.39, 0.29) is 139 Å². The topological polar surface area (TPSA) is 461 Å². The molecule has 6 aliphatic heterocycles. The lowest BCUT2D eigenvalue weighted by molar-refractivity contribution is -0.298. The molecule has 6 aliphatic rings. The number of nitrogens with zero attached hydrogens (tertiary/aromatic N) is 10. The third-order valence-corrected chi connectivity index (χ3v) is 25.3. The standard InChI is InChI=1S/C42H62N6O12S.C40H60N6O11S.2CH4/c1-12-31-42(9,53)36-23(4)32(50)21(2)16-41(8,55-19-29(18-54-36)46-56-20-28-14-13-27(17-44-28)37-45-40(43)47-61-37)35(24(5)33(51)25(6)38(52)59-31)60-39-34(58-26(7)49)30(48(10)11)15-22(3)57-39;1-11-29-40(8,51)34-22(4)30(47)20(2)15-39(7,53-18-27(17-52-34)44-54-19-26-13-12-25(16-42-26)35-43-38(41)45-58-35)33(23(5)31(48)24(6)36(50)56-29)57-37-32(49)28(46(9)10)14-21(3)55-37;;/h13-14,17,21-25,30-31,34-36,39,53H,12,15-16,18-20H2,1-11H3,(H2,43,47);12-13,16,20-24,28-29,32-34,37,49,51H,11,14-15,17-19H2,1-10H3,(H2,41,45);2*1H4/b;44-27+;;/t21-,22-,23+,24+,25-,30+,31-,34-,35-,36-,39+,41-,42-;20-,21-,22+,23+,24-,28+,29-,32-,33-,34-,37+,39-,40-;;/m11../s1. The summed E-state index contributed by atoms with van der Waals surface area (Å²) in [6.45, 7) is 26.9. The molecule has 4 aromatic heterocycles. The fraction of sp³-hybridized carbons (Fsp3) is 0.726. The Morgan fingerprint density at radius 3 is 1.31 bits per heavy atom. The number of fused-ring (bicyclic) bond motifs is 10. The van der Waals surface area contributed by atoms with Gasteiger partial charge in [-0.05, 0) is 169 Å². The molecule has 0 aliphatic carbocycles. The van der Waals surface area contributed by atoms with Gasteiger partial charge < -0.3 is 98.4 Å². The number of aromatic nitrogens is 6. The fourth-order valence-corrected chi connectivity index (χ4v) is 18.2. The van der Waals surface area contributed by atoms with E-state index in [4.69, 9.17) is 73.2 Å². The molecular weight excluding hydrogens is 1610 g/mol. The molecule has 0 unspecified atom stereocenters. The summed E-state index contributed by atoms with van der Waals surface area (Å²) in [5.74, 6) is -11.4. The number of nitrogen functional groups attached to an aromatic ring is 2. The van der Waals surface area contributed by atoms with Gasteiger partial charge in [-0.3, -0.25) is 43.5 Å². The van der Waals surface area contributed by atoms with Gasteiger partial charge in [0.1, 0.15) is 74.4 Å². The Balaban J connectivity index is 0.000000328. The summed E-state index contributed by atoms with van der Waals surface area (Å²) in [5, 5.41) is 46.0. The number of Topliss-reactive ketones (excluding diaryl/α,β-unsaturated/α-hetero) is 4. The van der Waals surface area contributed by atoms with E-state index in [0.29, 0.717) is 34.2 Å². The van der Waals surface area contributed by atoms with Crippen molar-refractivity contribution < 1.29 is 111 Å². The van der Waals surface area contributed by atoms with Gasteiger partial charge in [-0.2, -0.15) is 18.7 Å². The Kier molecular flexibility index (Phi) is 35.7. The number of ketones is 4. The van der Waals surface area contributed by atoms with E-state index in [1.54, 1.807) is 93.8 Å². The number of nitrogens with two attached hydrogens (primary N) is 2. The normalized spacial score (nSPS) is 36.5. The van der Waals surface area contributed by atoms with Crippen LogP contribution in [0.25, 0.3) is 21.1 Å². The van der Waals surface area contributed by atoms with Crippen molar-refractivity contribution in [2.24, 2.45) is 57.7 Å². The summed E-state index contributed by atoms with van der Waals surface area (Å²) in [5.41, 5.74) is 7.73. The number of carbonyl (C=O) groups excluding carboxylic acids is 7. The number of cyclic esters (lactones) is 2. The van der Waals surface area contributed by atoms with Crippen LogP contribution in [0.5, 0.6) is 0 Å². The minimum Gasteiger partial charge on any atom is -0.459 e. The van der Waals surface area contributed by atoms with Crippen molar-refractivity contribution >= 4 is 87.4 Å². The van der Waals surface area contributed by atoms with Crippen LogP contribution < -0.4 is 11.5 Å². The monoisotopic (exact) mass is 1740 g/mol. The van der Waals surface area contributed by atoms with E-state index in [1.165, 1.54) is 34.6 Å². The average Bonchev–Trinajstić information content (AvgIpc) is 1.76. The van der Waals surface area contributed by atoms with Gasteiger partial charge in [-0.15, -0.1) is 0 Å². The first kappa shape index (κ1) is 101. The van der Waals surface area contributed by atoms with E-state index in [2.05, 4.69) is 39.0 Å². The first-order chi connectivity index (χ1) is 55.9. The lowest BCUT2D eigenvalue weighted by Crippen LogP contribution is -2.60. The van der Waals surface area contributed by atoms with E-state index >= 15 is 0 Å². The summed E-state index contributed by atoms with van der Waals surface area (Å²) in [7, 11) is 7.44. The number of esters is 3. The van der Waals surface area contributed by atoms with Gasteiger partial charge in [-0.25, -0.2) is 0 Å². The summed E-state index contributed by atoms with van der Waals surface area (Å²) in [6, 6.07) is 6.49. The minimum atomic E-state index is -1.90. The highest BCUT2D eigenvalue weighted by Crippen LogP contribution is 2.44. The van der Waals surface area contributed by atoms with Crippen LogP contribution in [0.3, 0.4) is 0 Å². The molecule has 4 aromatic rings. The molecule has 37 heteroatoms. The zero-order valence-corrected chi connectivity index (χ0v) is 73.7. The molecule has 0 aromatic carbocycles. The summed E-state index contributed by atoms with van der Waals surface area (Å²) < 4.78 is 78.2. The number of pyridine rings is 2. The predicted molar refractivity (Wildman–Crippen MR) is 450 cm³/mol. The maximum atomic E-state index is 14.5. The number of hydrogen-bond donors (Lipinski definition) is 5. The molecule has 0 spiro atoms. The molecule has 10 heterocycles. The highest BCUT2D eigenvalue weighted by Gasteiger charge is 2.57. The molecule has 7 N–H and O–H groups in total. The van der Waals surface area contributed by atoms with Crippen molar-refractivity contribution in [3.05, 3.63) is 48.0 Å². The van der Waals surface area contributed by atoms with Crippen LogP contribution in [0.1, 0.15) is 182 Å². The van der Waals surface area contributed by atoms with Gasteiger partial charge in [0, 0.05) is 72.0 Å². The maximum absolute atomic E-state index is 14.5. The average molecular weight is 1740 g/mol. The molecule has 0 radical (unpaired) electrons. The van der Waals surface area contributed by atoms with Crippen LogP contribution >= 0.6 is 23.1 Å². The van der Waals surface area contributed by atoms with Crippen molar-refractivity contribution in [1.29, 1.82) is 0 Å². The first-order valence-corrected chi connectivity index (χ1v) is 42.2. The molecule has 4 bridgehead atoms. The van der Waals surface area contributed by atoms with Crippen molar-refractivity contribution in [2.75, 3.05) is 66.1 Å². The van der Waals surface area contributed by atoms with E-state index in [1.807, 2.05) is 64.0 Å². The van der Waals surface area contributed by atoms with E-state index < -0.39 is 161 Å². The largest absolute Gasteiger partial charge is 0.459 e. The molecule has 10 rings (SSSR count). The Morgan fingerprint density at radius 2 is 0.959 bits per heavy atom. The molecule has 121 heavy (non-hydrogen) atoms. The maximum Gasteiger partial charge on any atom is 0.316 e. The molecule has 35 nitrogen and oxygen atoms in total. The Morgan fingerprint density at radius 1 is 0.570 bits per heavy atom. The van der Waals surface area contributed by atoms with E-state index in [0.717, 1.165) is 34.2 Å². The molecule has 676 valence electrons. The van der Waals surface area contributed by atoms with Gasteiger partial charge >= 0.3 is 17.9 Å². The van der Waals surface area contributed by atoms with Crippen molar-refractivity contribution in [3.8, 4) is 21.1 Å². The number of oxime groups is 2. The smallest absolute Gasteiger partial charge is 0.316 e. The molecule has 6 saturated heterocycles. The highest BCUT2D eigenvalue weighted by molar-refractivity contribution is 7.09. The summed E-state index contributed by atoms with van der Waals surface area (Å²) >= 11 is 2.32.